The SMILES string of the molecule is NSc1nncs1. The second-order valence-electron chi connectivity index (χ2n) is 0.822. The van der Waals surface area contributed by atoms with Crippen molar-refractivity contribution in [1.29, 1.82) is 0 Å². The smallest absolute Gasteiger partial charge is 0.188 e. The number of hydrogen-bond donors (Lipinski definition) is 1. The molecule has 5 heteroatoms. The maximum atomic E-state index is 5.12. The molecule has 0 saturated heterocycles. The van der Waals surface area contributed by atoms with Crippen molar-refractivity contribution in [3.8, 4) is 0 Å². The summed E-state index contributed by atoms with van der Waals surface area (Å²) in [7, 11) is 0. The molecule has 1 heterocycles. The van der Waals surface area contributed by atoms with E-state index < -0.39 is 0 Å². The van der Waals surface area contributed by atoms with Crippen LogP contribution in [0.3, 0.4) is 0 Å². The summed E-state index contributed by atoms with van der Waals surface area (Å²) in [5.74, 6) is 0. The lowest BCUT2D eigenvalue weighted by molar-refractivity contribution is 1.01. The molecule has 0 unspecified atom stereocenters. The van der Waals surface area contributed by atoms with Crippen LogP contribution in [0.1, 0.15) is 0 Å². The molecule has 0 fully saturated rings. The van der Waals surface area contributed by atoms with Crippen LogP contribution in [-0.2, 0) is 0 Å². The quantitative estimate of drug-likeness (QED) is 0.567. The van der Waals surface area contributed by atoms with Gasteiger partial charge in [0, 0.05) is 0 Å². The van der Waals surface area contributed by atoms with Gasteiger partial charge >= 0.3 is 0 Å². The van der Waals surface area contributed by atoms with Crippen molar-refractivity contribution in [2.45, 2.75) is 4.34 Å². The van der Waals surface area contributed by atoms with Crippen LogP contribution in [0.25, 0.3) is 0 Å². The fourth-order valence-corrected chi connectivity index (χ4v) is 0.939. The van der Waals surface area contributed by atoms with E-state index in [1.807, 2.05) is 0 Å². The van der Waals surface area contributed by atoms with E-state index in [1.54, 1.807) is 5.51 Å². The highest BCUT2D eigenvalue weighted by atomic mass is 32.2. The minimum atomic E-state index is 0.806. The number of hydrogen-bond acceptors (Lipinski definition) is 5. The Labute approximate surface area is 49.1 Å². The van der Waals surface area contributed by atoms with Crippen molar-refractivity contribution >= 4 is 23.3 Å². The molecular formula is C2H3N3S2. The van der Waals surface area contributed by atoms with Crippen LogP contribution in [0.15, 0.2) is 9.85 Å². The first kappa shape index (κ1) is 5.02. The van der Waals surface area contributed by atoms with E-state index in [9.17, 15) is 0 Å². The molecule has 1 aromatic heterocycles. The van der Waals surface area contributed by atoms with Crippen LogP contribution >= 0.6 is 23.3 Å². The van der Waals surface area contributed by atoms with Crippen LogP contribution in [0.4, 0.5) is 0 Å². The summed E-state index contributed by atoms with van der Waals surface area (Å²) in [6, 6.07) is 0. The Hall–Kier alpha value is -0.130. The maximum absolute atomic E-state index is 5.12. The molecule has 0 spiro atoms. The van der Waals surface area contributed by atoms with Gasteiger partial charge in [-0.2, -0.15) is 0 Å². The summed E-state index contributed by atoms with van der Waals surface area (Å²) in [6.45, 7) is 0. The summed E-state index contributed by atoms with van der Waals surface area (Å²) >= 11 is 2.56. The molecule has 0 aliphatic rings. The third kappa shape index (κ3) is 1.12. The molecule has 1 rings (SSSR count). The van der Waals surface area contributed by atoms with Crippen molar-refractivity contribution in [1.82, 2.24) is 10.2 Å². The summed E-state index contributed by atoms with van der Waals surface area (Å²) < 4.78 is 0.806. The van der Waals surface area contributed by atoms with Crippen molar-refractivity contribution < 1.29 is 0 Å². The highest BCUT2D eigenvalue weighted by molar-refractivity contribution is 7.98. The Morgan fingerprint density at radius 3 is 3.00 bits per heavy atom. The standard InChI is InChI=1S/C2H3N3S2/c3-7-2-5-4-1-6-2/h1H,3H2. The maximum Gasteiger partial charge on any atom is 0.188 e. The first-order valence-electron chi connectivity index (χ1n) is 1.56. The lowest BCUT2D eigenvalue weighted by Crippen LogP contribution is -1.75. The van der Waals surface area contributed by atoms with Gasteiger partial charge in [-0.05, 0) is 11.9 Å². The van der Waals surface area contributed by atoms with Crippen LogP contribution < -0.4 is 5.14 Å². The first-order chi connectivity index (χ1) is 3.43. The Kier molecular flexibility index (Phi) is 1.61. The van der Waals surface area contributed by atoms with Crippen LogP contribution in [-0.4, -0.2) is 10.2 Å². The minimum Gasteiger partial charge on any atom is -0.272 e. The third-order valence-corrected chi connectivity index (χ3v) is 1.78. The third-order valence-electron chi connectivity index (χ3n) is 0.441. The lowest BCUT2D eigenvalue weighted by Gasteiger charge is -1.74. The van der Waals surface area contributed by atoms with Crippen molar-refractivity contribution in [3.63, 3.8) is 0 Å². The Balaban J connectivity index is 2.76. The topological polar surface area (TPSA) is 51.8 Å². The van der Waals surface area contributed by atoms with Gasteiger partial charge in [-0.3, -0.25) is 5.14 Å². The van der Waals surface area contributed by atoms with Gasteiger partial charge in [-0.25, -0.2) is 0 Å². The van der Waals surface area contributed by atoms with Gasteiger partial charge < -0.3 is 0 Å². The van der Waals surface area contributed by atoms with Gasteiger partial charge in [0.2, 0.25) is 0 Å². The molecule has 0 amide bonds. The van der Waals surface area contributed by atoms with Crippen LogP contribution in [0.2, 0.25) is 0 Å². The monoisotopic (exact) mass is 133 g/mol. The van der Waals surface area contributed by atoms with Gasteiger partial charge in [0.1, 0.15) is 5.51 Å². The minimum absolute atomic E-state index is 0.806. The fraction of sp³-hybridized carbons (Fsp3) is 0. The number of aromatic nitrogens is 2. The number of nitrogens with two attached hydrogens (primary N) is 1. The summed E-state index contributed by atoms with van der Waals surface area (Å²) in [5.41, 5.74) is 1.65. The van der Waals surface area contributed by atoms with Crippen molar-refractivity contribution in [2.24, 2.45) is 5.14 Å². The normalized spacial score (nSPS) is 9.29. The van der Waals surface area contributed by atoms with E-state index in [1.165, 1.54) is 11.3 Å². The summed E-state index contributed by atoms with van der Waals surface area (Å²) in [4.78, 5) is 0. The molecule has 0 radical (unpaired) electrons. The second-order valence-corrected chi connectivity index (χ2v) is 2.54. The van der Waals surface area contributed by atoms with E-state index in [0.29, 0.717) is 0 Å². The Bertz CT molecular complexity index is 125. The molecule has 0 aromatic carbocycles. The van der Waals surface area contributed by atoms with Crippen LogP contribution in [0, 0.1) is 0 Å². The van der Waals surface area contributed by atoms with Crippen molar-refractivity contribution in [3.05, 3.63) is 5.51 Å². The molecule has 0 bridgehead atoms. The highest BCUT2D eigenvalue weighted by Crippen LogP contribution is 2.10. The highest BCUT2D eigenvalue weighted by Gasteiger charge is 1.88. The summed E-state index contributed by atoms with van der Waals surface area (Å²) in [5, 5.41) is 12.3. The fourth-order valence-electron chi connectivity index (χ4n) is 0.214. The van der Waals surface area contributed by atoms with E-state index in [0.717, 1.165) is 16.3 Å². The van der Waals surface area contributed by atoms with Gasteiger partial charge in [0.05, 0.1) is 0 Å². The Morgan fingerprint density at radius 2 is 2.71 bits per heavy atom. The molecule has 38 valence electrons. The predicted molar refractivity (Wildman–Crippen MR) is 30.0 cm³/mol. The molecule has 3 nitrogen and oxygen atoms in total. The first-order valence-corrected chi connectivity index (χ1v) is 3.32. The largest absolute Gasteiger partial charge is 0.272 e. The molecule has 0 saturated carbocycles. The van der Waals surface area contributed by atoms with E-state index in [4.69, 9.17) is 5.14 Å². The average molecular weight is 133 g/mol. The van der Waals surface area contributed by atoms with Gasteiger partial charge in [-0.1, -0.05) is 11.3 Å². The molecule has 7 heavy (non-hydrogen) atoms. The molecule has 0 aliphatic carbocycles. The van der Waals surface area contributed by atoms with E-state index >= 15 is 0 Å². The molecule has 1 aromatic rings. The number of rotatable bonds is 1. The van der Waals surface area contributed by atoms with E-state index in [2.05, 4.69) is 10.2 Å². The molecule has 0 atom stereocenters. The van der Waals surface area contributed by atoms with Gasteiger partial charge in [0.15, 0.2) is 4.34 Å². The average Bonchev–Trinajstić information content (AvgIpc) is 2.14. The van der Waals surface area contributed by atoms with Gasteiger partial charge in [0.25, 0.3) is 0 Å². The van der Waals surface area contributed by atoms with E-state index in [-0.39, 0.29) is 0 Å². The zero-order valence-corrected chi connectivity index (χ0v) is 5.00. The molecule has 0 aliphatic heterocycles. The van der Waals surface area contributed by atoms with Gasteiger partial charge in [-0.15, -0.1) is 10.2 Å². The lowest BCUT2D eigenvalue weighted by atomic mass is 11.6. The second kappa shape index (κ2) is 2.25. The van der Waals surface area contributed by atoms with Crippen LogP contribution in [0.5, 0.6) is 0 Å². The zero-order valence-electron chi connectivity index (χ0n) is 3.37. The van der Waals surface area contributed by atoms with Crippen molar-refractivity contribution in [2.75, 3.05) is 0 Å². The molecular weight excluding hydrogens is 130 g/mol. The molecule has 2 N–H and O–H groups in total. The zero-order chi connectivity index (χ0) is 5.11. The summed E-state index contributed by atoms with van der Waals surface area (Å²) in [6.07, 6.45) is 0. The number of nitrogens with zero attached hydrogens (tertiary/aromatic N) is 2. The Morgan fingerprint density at radius 1 is 1.86 bits per heavy atom. The predicted octanol–water partition coefficient (Wildman–Crippen LogP) is 0.504.